The van der Waals surface area contributed by atoms with E-state index >= 15 is 0 Å². The van der Waals surface area contributed by atoms with Gasteiger partial charge in [-0.2, -0.15) is 0 Å². The fraction of sp³-hybridized carbons (Fsp3) is 0.588. The molecule has 7 heteroatoms. The van der Waals surface area contributed by atoms with Crippen LogP contribution >= 0.6 is 0 Å². The number of benzene rings is 1. The van der Waals surface area contributed by atoms with E-state index in [0.29, 0.717) is 5.75 Å². The maximum absolute atomic E-state index is 12.4. The lowest BCUT2D eigenvalue weighted by Gasteiger charge is -2.35. The Kier molecular flexibility index (Phi) is 6.28. The van der Waals surface area contributed by atoms with E-state index in [4.69, 9.17) is 14.2 Å². The van der Waals surface area contributed by atoms with Crippen molar-refractivity contribution >= 4 is 5.78 Å². The summed E-state index contributed by atoms with van der Waals surface area (Å²) >= 11 is 0. The van der Waals surface area contributed by atoms with Crippen LogP contribution in [0.15, 0.2) is 24.3 Å². The van der Waals surface area contributed by atoms with Gasteiger partial charge in [-0.15, -0.1) is 0 Å². The highest BCUT2D eigenvalue weighted by molar-refractivity contribution is 5.83. The van der Waals surface area contributed by atoms with Gasteiger partial charge in [0, 0.05) is 24.4 Å². The van der Waals surface area contributed by atoms with Gasteiger partial charge >= 0.3 is 0 Å². The maximum atomic E-state index is 12.4. The number of hydrogen-bond donors (Lipinski definition) is 0. The van der Waals surface area contributed by atoms with Crippen molar-refractivity contribution in [1.82, 2.24) is 0 Å². The van der Waals surface area contributed by atoms with Crippen molar-refractivity contribution in [2.45, 2.75) is 25.3 Å². The Balaban J connectivity index is 2.29. The van der Waals surface area contributed by atoms with E-state index in [1.165, 1.54) is 7.11 Å². The van der Waals surface area contributed by atoms with Gasteiger partial charge in [-0.1, -0.05) is 19.1 Å². The summed E-state index contributed by atoms with van der Waals surface area (Å²) in [7, 11) is 3.05. The Labute approximate surface area is 141 Å². The maximum Gasteiger partial charge on any atom is 0.226 e. The number of ether oxygens (including phenoxy) is 3. The van der Waals surface area contributed by atoms with Crippen LogP contribution in [-0.4, -0.2) is 44.4 Å². The van der Waals surface area contributed by atoms with E-state index < -0.39 is 23.8 Å². The zero-order valence-corrected chi connectivity index (χ0v) is 14.1. The Hall–Kier alpha value is -1.99. The molecule has 0 heterocycles. The van der Waals surface area contributed by atoms with E-state index in [9.17, 15) is 14.9 Å². The minimum atomic E-state index is -0.872. The lowest BCUT2D eigenvalue weighted by atomic mass is 9.68. The number of Topliss-reactive ketones (excluding diaryl/α,β-unsaturated/α-hetero) is 1. The zero-order valence-electron chi connectivity index (χ0n) is 14.1. The molecule has 1 aromatic carbocycles. The van der Waals surface area contributed by atoms with E-state index in [1.54, 1.807) is 38.3 Å². The molecule has 1 fully saturated rings. The quantitative estimate of drug-likeness (QED) is 0.328. The lowest BCUT2D eigenvalue weighted by molar-refractivity contribution is -0.540. The number of carbonyl (C=O) groups is 1. The molecular weight excluding hydrogens is 314 g/mol. The minimum absolute atomic E-state index is 0.0277. The SMILES string of the molecule is COCOC[C@@H]1[C@H]([N+](=O)[O-])[C@@H](c2ccc(OC)cc2)CC(=O)[C@@H]1C. The molecule has 1 aliphatic carbocycles. The van der Waals surface area contributed by atoms with E-state index in [2.05, 4.69) is 0 Å². The molecule has 7 nitrogen and oxygen atoms in total. The summed E-state index contributed by atoms with van der Waals surface area (Å²) in [4.78, 5) is 23.8. The predicted octanol–water partition coefficient (Wildman–Crippen LogP) is 2.27. The first-order chi connectivity index (χ1) is 11.5. The molecule has 4 atom stereocenters. The van der Waals surface area contributed by atoms with Crippen molar-refractivity contribution in [2.75, 3.05) is 27.6 Å². The molecule has 0 unspecified atom stereocenters. The van der Waals surface area contributed by atoms with Crippen LogP contribution in [0.4, 0.5) is 0 Å². The molecule has 2 rings (SSSR count). The lowest BCUT2D eigenvalue weighted by Crippen LogP contribution is -2.48. The molecule has 0 amide bonds. The highest BCUT2D eigenvalue weighted by Crippen LogP contribution is 2.40. The van der Waals surface area contributed by atoms with Gasteiger partial charge in [0.05, 0.1) is 25.6 Å². The van der Waals surface area contributed by atoms with Gasteiger partial charge in [0.2, 0.25) is 6.04 Å². The largest absolute Gasteiger partial charge is 0.497 e. The van der Waals surface area contributed by atoms with Crippen molar-refractivity contribution < 1.29 is 23.9 Å². The average Bonchev–Trinajstić information content (AvgIpc) is 2.58. The van der Waals surface area contributed by atoms with Gasteiger partial charge in [0.15, 0.2) is 0 Å². The fourth-order valence-corrected chi connectivity index (χ4v) is 3.34. The highest BCUT2D eigenvalue weighted by Gasteiger charge is 2.49. The van der Waals surface area contributed by atoms with E-state index in [-0.39, 0.29) is 30.5 Å². The Bertz CT molecular complexity index is 573. The third-order valence-corrected chi connectivity index (χ3v) is 4.72. The normalized spacial score (nSPS) is 27.0. The average molecular weight is 337 g/mol. The van der Waals surface area contributed by atoms with Gasteiger partial charge in [-0.3, -0.25) is 14.9 Å². The van der Waals surface area contributed by atoms with Crippen molar-refractivity contribution in [3.05, 3.63) is 39.9 Å². The number of nitro groups is 1. The summed E-state index contributed by atoms with van der Waals surface area (Å²) in [6, 6.07) is 6.21. The molecule has 24 heavy (non-hydrogen) atoms. The molecule has 1 aromatic rings. The Morgan fingerprint density at radius 3 is 2.46 bits per heavy atom. The molecule has 0 aliphatic heterocycles. The van der Waals surface area contributed by atoms with E-state index in [1.807, 2.05) is 0 Å². The monoisotopic (exact) mass is 337 g/mol. The van der Waals surface area contributed by atoms with Crippen LogP contribution in [0, 0.1) is 22.0 Å². The number of hydrogen-bond acceptors (Lipinski definition) is 6. The summed E-state index contributed by atoms with van der Waals surface area (Å²) < 4.78 is 15.3. The standard InChI is InChI=1S/C17H23NO6/c1-11-15(9-24-10-22-2)17(18(20)21)14(8-16(11)19)12-4-6-13(23-3)7-5-12/h4-7,11,14-15,17H,8-10H2,1-3H3/t11-,14-,15+,17-/m1/s1. The van der Waals surface area contributed by atoms with Crippen LogP contribution < -0.4 is 4.74 Å². The third-order valence-electron chi connectivity index (χ3n) is 4.72. The van der Waals surface area contributed by atoms with Crippen LogP contribution in [0.2, 0.25) is 0 Å². The molecular formula is C17H23NO6. The first-order valence-corrected chi connectivity index (χ1v) is 7.86. The molecule has 0 radical (unpaired) electrons. The number of methoxy groups -OCH3 is 2. The first kappa shape index (κ1) is 18.4. The van der Waals surface area contributed by atoms with Crippen LogP contribution in [0.1, 0.15) is 24.8 Å². The molecule has 0 spiro atoms. The van der Waals surface area contributed by atoms with Crippen molar-refractivity contribution in [1.29, 1.82) is 0 Å². The number of ketones is 1. The van der Waals surface area contributed by atoms with Gasteiger partial charge in [0.1, 0.15) is 18.3 Å². The Morgan fingerprint density at radius 2 is 1.92 bits per heavy atom. The molecule has 132 valence electrons. The Morgan fingerprint density at radius 1 is 1.25 bits per heavy atom. The molecule has 0 N–H and O–H groups in total. The predicted molar refractivity (Wildman–Crippen MR) is 86.6 cm³/mol. The molecule has 0 saturated heterocycles. The summed E-state index contributed by atoms with van der Waals surface area (Å²) in [6.45, 7) is 1.91. The molecule has 1 aliphatic rings. The van der Waals surface area contributed by atoms with Gasteiger partial charge in [-0.25, -0.2) is 0 Å². The number of carbonyl (C=O) groups excluding carboxylic acids is 1. The smallest absolute Gasteiger partial charge is 0.226 e. The summed E-state index contributed by atoms with van der Waals surface area (Å²) in [6.07, 6.45) is 0.167. The van der Waals surface area contributed by atoms with Crippen LogP contribution in [0.3, 0.4) is 0 Å². The van der Waals surface area contributed by atoms with Gasteiger partial charge in [-0.05, 0) is 17.7 Å². The fourth-order valence-electron chi connectivity index (χ4n) is 3.34. The summed E-state index contributed by atoms with van der Waals surface area (Å²) in [5.41, 5.74) is 0.773. The van der Waals surface area contributed by atoms with Crippen molar-refractivity contribution in [3.8, 4) is 5.75 Å². The van der Waals surface area contributed by atoms with E-state index in [0.717, 1.165) is 5.56 Å². The summed E-state index contributed by atoms with van der Waals surface area (Å²) in [5, 5.41) is 11.7. The third kappa shape index (κ3) is 3.91. The number of nitrogens with zero attached hydrogens (tertiary/aromatic N) is 1. The van der Waals surface area contributed by atoms with Crippen LogP contribution in [0.5, 0.6) is 5.75 Å². The second-order valence-corrected chi connectivity index (χ2v) is 6.06. The highest BCUT2D eigenvalue weighted by atomic mass is 16.7. The van der Waals surface area contributed by atoms with Crippen molar-refractivity contribution in [2.24, 2.45) is 11.8 Å². The molecule has 1 saturated carbocycles. The topological polar surface area (TPSA) is 87.9 Å². The molecule has 0 aromatic heterocycles. The number of rotatable bonds is 7. The van der Waals surface area contributed by atoms with Crippen LogP contribution in [-0.2, 0) is 14.3 Å². The van der Waals surface area contributed by atoms with Crippen molar-refractivity contribution in [3.63, 3.8) is 0 Å². The second kappa shape index (κ2) is 8.21. The zero-order chi connectivity index (χ0) is 17.7. The summed E-state index contributed by atoms with van der Waals surface area (Å²) in [5.74, 6) is -0.659. The van der Waals surface area contributed by atoms with Gasteiger partial charge in [0.25, 0.3) is 0 Å². The first-order valence-electron chi connectivity index (χ1n) is 7.86. The molecule has 0 bridgehead atoms. The second-order valence-electron chi connectivity index (χ2n) is 6.06. The van der Waals surface area contributed by atoms with Crippen LogP contribution in [0.25, 0.3) is 0 Å². The minimum Gasteiger partial charge on any atom is -0.497 e. The van der Waals surface area contributed by atoms with Gasteiger partial charge < -0.3 is 14.2 Å².